The number of unbranched alkanes of at least 4 members (excludes halogenated alkanes) is 3. The van der Waals surface area contributed by atoms with Crippen LogP contribution in [-0.4, -0.2) is 0 Å². The fourth-order valence-electron chi connectivity index (χ4n) is 1.71. The zero-order valence-corrected chi connectivity index (χ0v) is 12.1. The van der Waals surface area contributed by atoms with Crippen LogP contribution in [0.2, 0.25) is 0 Å². The van der Waals surface area contributed by atoms with Gasteiger partial charge in [0.2, 0.25) is 0 Å². The second kappa shape index (κ2) is 5.46. The molecule has 0 spiro atoms. The number of hydrogen-bond donors (Lipinski definition) is 0. The Hall–Kier alpha value is 0.140. The summed E-state index contributed by atoms with van der Waals surface area (Å²) in [6.07, 6.45) is 6.70. The smallest absolute Gasteiger partial charge is 0.0719 e. The standard InChI is InChI=1S/C12H15BrS2/c1-2-3-4-5-6-9-7-10-11(14-9)8-12(13)15-10/h7-8H,2-6H2,1H3. The second-order valence-corrected chi connectivity index (χ2v) is 7.43. The maximum Gasteiger partial charge on any atom is 0.0719 e. The lowest BCUT2D eigenvalue weighted by atomic mass is 10.1. The lowest BCUT2D eigenvalue weighted by Crippen LogP contribution is -1.80. The van der Waals surface area contributed by atoms with E-state index in [-0.39, 0.29) is 0 Å². The molecular formula is C12H15BrS2. The van der Waals surface area contributed by atoms with E-state index < -0.39 is 0 Å². The summed E-state index contributed by atoms with van der Waals surface area (Å²) in [6.45, 7) is 2.26. The Bertz CT molecular complexity index is 396. The van der Waals surface area contributed by atoms with Crippen molar-refractivity contribution in [3.05, 3.63) is 20.8 Å². The van der Waals surface area contributed by atoms with Crippen LogP contribution in [0.15, 0.2) is 15.9 Å². The Morgan fingerprint density at radius 3 is 2.60 bits per heavy atom. The first-order chi connectivity index (χ1) is 7.29. The topological polar surface area (TPSA) is 0 Å². The molecule has 0 bridgehead atoms. The van der Waals surface area contributed by atoms with Crippen molar-refractivity contribution < 1.29 is 0 Å². The number of thiophene rings is 2. The first-order valence-electron chi connectivity index (χ1n) is 5.47. The number of halogens is 1. The molecule has 3 heteroatoms. The highest BCUT2D eigenvalue weighted by molar-refractivity contribution is 9.11. The number of aryl methyl sites for hydroxylation is 1. The first-order valence-corrected chi connectivity index (χ1v) is 7.90. The van der Waals surface area contributed by atoms with Crippen LogP contribution in [0.25, 0.3) is 9.40 Å². The lowest BCUT2D eigenvalue weighted by Gasteiger charge is -1.96. The minimum atomic E-state index is 1.25. The molecule has 0 unspecified atom stereocenters. The van der Waals surface area contributed by atoms with Crippen LogP contribution < -0.4 is 0 Å². The van der Waals surface area contributed by atoms with Gasteiger partial charge in [0.05, 0.1) is 3.79 Å². The number of rotatable bonds is 5. The Kier molecular flexibility index (Phi) is 4.23. The van der Waals surface area contributed by atoms with E-state index >= 15 is 0 Å². The van der Waals surface area contributed by atoms with Crippen molar-refractivity contribution in [2.75, 3.05) is 0 Å². The van der Waals surface area contributed by atoms with Gasteiger partial charge in [0.25, 0.3) is 0 Å². The molecule has 82 valence electrons. The minimum Gasteiger partial charge on any atom is -0.139 e. The van der Waals surface area contributed by atoms with E-state index in [1.807, 2.05) is 22.7 Å². The van der Waals surface area contributed by atoms with Gasteiger partial charge in [0.15, 0.2) is 0 Å². The SMILES string of the molecule is CCCCCCc1cc2sc(Br)cc2s1. The normalized spacial score (nSPS) is 11.3. The second-order valence-electron chi connectivity index (χ2n) is 3.80. The highest BCUT2D eigenvalue weighted by Crippen LogP contribution is 2.36. The average molecular weight is 303 g/mol. The zero-order chi connectivity index (χ0) is 10.7. The molecule has 0 saturated carbocycles. The third-order valence-electron chi connectivity index (χ3n) is 2.50. The van der Waals surface area contributed by atoms with Gasteiger partial charge >= 0.3 is 0 Å². The molecule has 0 fully saturated rings. The molecule has 0 aliphatic heterocycles. The van der Waals surface area contributed by atoms with Gasteiger partial charge in [0.1, 0.15) is 0 Å². The largest absolute Gasteiger partial charge is 0.139 e. The maximum atomic E-state index is 3.53. The molecule has 0 aliphatic carbocycles. The fourth-order valence-corrected chi connectivity index (χ4v) is 4.80. The third kappa shape index (κ3) is 3.05. The Labute approximate surface area is 107 Å². The number of fused-ring (bicyclic) bond motifs is 1. The van der Waals surface area contributed by atoms with Crippen LogP contribution in [0.5, 0.6) is 0 Å². The van der Waals surface area contributed by atoms with Crippen molar-refractivity contribution in [3.8, 4) is 0 Å². The van der Waals surface area contributed by atoms with Gasteiger partial charge in [-0.2, -0.15) is 0 Å². The molecule has 0 atom stereocenters. The van der Waals surface area contributed by atoms with Gasteiger partial charge in [-0.05, 0) is 40.9 Å². The maximum absolute atomic E-state index is 3.53. The minimum absolute atomic E-state index is 1.25. The van der Waals surface area contributed by atoms with Gasteiger partial charge in [-0.25, -0.2) is 0 Å². The van der Waals surface area contributed by atoms with E-state index in [0.717, 1.165) is 0 Å². The van der Waals surface area contributed by atoms with Gasteiger partial charge in [0, 0.05) is 14.3 Å². The molecule has 15 heavy (non-hydrogen) atoms. The fraction of sp³-hybridized carbons (Fsp3) is 0.500. The van der Waals surface area contributed by atoms with Crippen LogP contribution in [0.4, 0.5) is 0 Å². The van der Waals surface area contributed by atoms with Crippen molar-refractivity contribution in [3.63, 3.8) is 0 Å². The van der Waals surface area contributed by atoms with Gasteiger partial charge in [-0.1, -0.05) is 26.2 Å². The van der Waals surface area contributed by atoms with E-state index in [4.69, 9.17) is 0 Å². The van der Waals surface area contributed by atoms with Gasteiger partial charge in [-0.3, -0.25) is 0 Å². The summed E-state index contributed by atoms with van der Waals surface area (Å²) in [5, 5.41) is 0. The molecule has 2 aromatic rings. The monoisotopic (exact) mass is 302 g/mol. The quantitative estimate of drug-likeness (QED) is 0.608. The molecule has 0 aliphatic rings. The van der Waals surface area contributed by atoms with Gasteiger partial charge < -0.3 is 0 Å². The van der Waals surface area contributed by atoms with E-state index in [0.29, 0.717) is 0 Å². The van der Waals surface area contributed by atoms with Crippen LogP contribution >= 0.6 is 38.6 Å². The van der Waals surface area contributed by atoms with E-state index in [1.54, 1.807) is 4.88 Å². The van der Waals surface area contributed by atoms with Crippen molar-refractivity contribution in [2.45, 2.75) is 39.0 Å². The summed E-state index contributed by atoms with van der Waals surface area (Å²) < 4.78 is 4.14. The molecule has 0 amide bonds. The summed E-state index contributed by atoms with van der Waals surface area (Å²) in [4.78, 5) is 1.56. The van der Waals surface area contributed by atoms with Crippen LogP contribution in [0, 0.1) is 0 Å². The Morgan fingerprint density at radius 2 is 1.87 bits per heavy atom. The van der Waals surface area contributed by atoms with Gasteiger partial charge in [-0.15, -0.1) is 22.7 Å². The van der Waals surface area contributed by atoms with E-state index in [1.165, 1.54) is 45.3 Å². The zero-order valence-electron chi connectivity index (χ0n) is 8.88. The molecule has 2 heterocycles. The van der Waals surface area contributed by atoms with Crippen molar-refractivity contribution in [1.29, 1.82) is 0 Å². The van der Waals surface area contributed by atoms with Crippen LogP contribution in [-0.2, 0) is 6.42 Å². The summed E-state index contributed by atoms with van der Waals surface area (Å²) in [6, 6.07) is 4.60. The van der Waals surface area contributed by atoms with Crippen LogP contribution in [0.3, 0.4) is 0 Å². The summed E-state index contributed by atoms with van der Waals surface area (Å²) in [5.41, 5.74) is 0. The predicted octanol–water partition coefficient (Wildman–Crippen LogP) is 5.85. The summed E-state index contributed by atoms with van der Waals surface area (Å²) in [5.74, 6) is 0. The Morgan fingerprint density at radius 1 is 1.07 bits per heavy atom. The Balaban J connectivity index is 1.94. The van der Waals surface area contributed by atoms with Crippen LogP contribution in [0.1, 0.15) is 37.5 Å². The highest BCUT2D eigenvalue weighted by Gasteiger charge is 2.04. The molecule has 0 saturated heterocycles. The van der Waals surface area contributed by atoms with E-state index in [2.05, 4.69) is 35.0 Å². The molecule has 2 rings (SSSR count). The summed E-state index contributed by atoms with van der Waals surface area (Å²) in [7, 11) is 0. The number of hydrogen-bond acceptors (Lipinski definition) is 2. The molecule has 2 aromatic heterocycles. The van der Waals surface area contributed by atoms with Crippen molar-refractivity contribution in [1.82, 2.24) is 0 Å². The average Bonchev–Trinajstić information content (AvgIpc) is 2.69. The molecule has 0 radical (unpaired) electrons. The third-order valence-corrected chi connectivity index (χ3v) is 5.36. The van der Waals surface area contributed by atoms with Crippen molar-refractivity contribution >= 4 is 48.0 Å². The van der Waals surface area contributed by atoms with E-state index in [9.17, 15) is 0 Å². The first kappa shape index (κ1) is 11.6. The predicted molar refractivity (Wildman–Crippen MR) is 75.2 cm³/mol. The molecule has 0 nitrogen and oxygen atoms in total. The lowest BCUT2D eigenvalue weighted by molar-refractivity contribution is 0.670. The molecule has 0 aromatic carbocycles. The molecule has 0 N–H and O–H groups in total. The highest BCUT2D eigenvalue weighted by atomic mass is 79.9. The molecular weight excluding hydrogens is 288 g/mol. The van der Waals surface area contributed by atoms with Crippen molar-refractivity contribution in [2.24, 2.45) is 0 Å². The summed E-state index contributed by atoms with van der Waals surface area (Å²) >= 11 is 7.33.